The molecule has 1 aliphatic heterocycles. The number of aliphatic hydroxyl groups is 1. The number of aliphatic hydroxyl groups excluding tert-OH is 1. The van der Waals surface area contributed by atoms with Crippen LogP contribution in [0.5, 0.6) is 0 Å². The maximum Gasteiger partial charge on any atom is 0.243 e. The van der Waals surface area contributed by atoms with E-state index in [-0.39, 0.29) is 39.7 Å². The molecular weight excluding hydrogens is 615 g/mol. The van der Waals surface area contributed by atoms with Crippen LogP contribution in [0.15, 0.2) is 30.3 Å². The molecule has 7 nitrogen and oxygen atoms in total. The van der Waals surface area contributed by atoms with E-state index >= 15 is 0 Å². The molecule has 4 rings (SSSR count). The predicted molar refractivity (Wildman–Crippen MR) is 192 cm³/mol. The van der Waals surface area contributed by atoms with E-state index in [1.165, 1.54) is 19.3 Å². The van der Waals surface area contributed by atoms with Crippen molar-refractivity contribution in [2.75, 3.05) is 11.5 Å². The molecule has 0 radical (unpaired) electrons. The van der Waals surface area contributed by atoms with Gasteiger partial charge in [0.1, 0.15) is 12.1 Å². The monoisotopic (exact) mass is 673 g/mol. The van der Waals surface area contributed by atoms with Crippen molar-refractivity contribution < 1.29 is 19.5 Å². The minimum Gasteiger partial charge on any atom is -0.389 e. The molecule has 258 valence electrons. The van der Waals surface area contributed by atoms with Crippen LogP contribution in [0.1, 0.15) is 116 Å². The molecule has 46 heavy (non-hydrogen) atoms. The fourth-order valence-electron chi connectivity index (χ4n) is 7.55. The van der Waals surface area contributed by atoms with Gasteiger partial charge in [-0.1, -0.05) is 102 Å². The number of hydrogen-bond acceptors (Lipinski definition) is 6. The summed E-state index contributed by atoms with van der Waals surface area (Å²) in [6.07, 6.45) is 13.6. The Morgan fingerprint density at radius 3 is 2.11 bits per heavy atom. The number of nitrogens with one attached hydrogen (secondary N) is 3. The number of hydrogen-bond donors (Lipinski definition) is 4. The molecule has 2 aliphatic carbocycles. The van der Waals surface area contributed by atoms with Gasteiger partial charge in [-0.3, -0.25) is 14.4 Å². The van der Waals surface area contributed by atoms with E-state index < -0.39 is 18.2 Å². The summed E-state index contributed by atoms with van der Waals surface area (Å²) in [6.45, 7) is 6.27. The molecule has 0 spiro atoms. The Kier molecular flexibility index (Phi) is 15.1. The fourth-order valence-corrected chi connectivity index (χ4v) is 11.2. The van der Waals surface area contributed by atoms with Gasteiger partial charge in [0.2, 0.25) is 17.7 Å². The molecule has 1 saturated heterocycles. The van der Waals surface area contributed by atoms with Crippen molar-refractivity contribution in [2.45, 2.75) is 145 Å². The SMILES string of the molecule is CCCC1(C(O)[C@H](CC2CCCCC2)NC(=O)[C@H](CC(C)C)NC(=O)[C@H](Cc2ccccc2)NC(=O)C2CCCC2)SCCCS1. The van der Waals surface area contributed by atoms with E-state index in [2.05, 4.69) is 36.7 Å². The molecule has 1 aromatic carbocycles. The van der Waals surface area contributed by atoms with Crippen molar-refractivity contribution in [3.8, 4) is 0 Å². The van der Waals surface area contributed by atoms with Crippen LogP contribution in [-0.2, 0) is 20.8 Å². The highest BCUT2D eigenvalue weighted by Crippen LogP contribution is 2.49. The third-order valence-electron chi connectivity index (χ3n) is 10.0. The third kappa shape index (κ3) is 10.9. The summed E-state index contributed by atoms with van der Waals surface area (Å²) >= 11 is 3.73. The molecule has 3 aliphatic rings. The van der Waals surface area contributed by atoms with Crippen molar-refractivity contribution in [1.82, 2.24) is 16.0 Å². The molecule has 0 aromatic heterocycles. The molecule has 4 atom stereocenters. The molecule has 1 heterocycles. The number of rotatable bonds is 16. The van der Waals surface area contributed by atoms with Gasteiger partial charge in [0, 0.05) is 12.3 Å². The zero-order valence-electron chi connectivity index (χ0n) is 28.4. The normalized spacial score (nSPS) is 21.7. The van der Waals surface area contributed by atoms with Crippen LogP contribution in [0.4, 0.5) is 0 Å². The summed E-state index contributed by atoms with van der Waals surface area (Å²) in [5.74, 6) is 1.98. The lowest BCUT2D eigenvalue weighted by molar-refractivity contribution is -0.133. The lowest BCUT2D eigenvalue weighted by Gasteiger charge is -2.44. The first-order valence-electron chi connectivity index (χ1n) is 18.1. The predicted octanol–water partition coefficient (Wildman–Crippen LogP) is 6.62. The van der Waals surface area contributed by atoms with Crippen molar-refractivity contribution in [2.24, 2.45) is 17.8 Å². The van der Waals surface area contributed by atoms with E-state index in [0.717, 1.165) is 81.3 Å². The van der Waals surface area contributed by atoms with Crippen LogP contribution in [0.25, 0.3) is 0 Å². The van der Waals surface area contributed by atoms with Crippen molar-refractivity contribution in [1.29, 1.82) is 0 Å². The fraction of sp³-hybridized carbons (Fsp3) is 0.757. The average Bonchev–Trinajstić information content (AvgIpc) is 3.60. The van der Waals surface area contributed by atoms with Gasteiger partial charge in [0.05, 0.1) is 16.2 Å². The Morgan fingerprint density at radius 2 is 1.48 bits per heavy atom. The Morgan fingerprint density at radius 1 is 0.848 bits per heavy atom. The Hall–Kier alpha value is -1.71. The second-order valence-corrected chi connectivity index (χ2v) is 17.4. The minimum absolute atomic E-state index is 0.0613. The number of carbonyl (C=O) groups is 3. The van der Waals surface area contributed by atoms with Crippen LogP contribution in [-0.4, -0.2) is 62.6 Å². The largest absolute Gasteiger partial charge is 0.389 e. The molecule has 4 N–H and O–H groups in total. The topological polar surface area (TPSA) is 108 Å². The highest BCUT2D eigenvalue weighted by Gasteiger charge is 2.45. The lowest BCUT2D eigenvalue weighted by atomic mass is 9.83. The smallest absolute Gasteiger partial charge is 0.243 e. The maximum absolute atomic E-state index is 14.2. The number of benzene rings is 1. The van der Waals surface area contributed by atoms with Crippen molar-refractivity contribution in [3.05, 3.63) is 35.9 Å². The minimum atomic E-state index is -0.774. The lowest BCUT2D eigenvalue weighted by Crippen LogP contribution is -2.59. The first-order valence-corrected chi connectivity index (χ1v) is 20.1. The van der Waals surface area contributed by atoms with Crippen LogP contribution >= 0.6 is 23.5 Å². The third-order valence-corrected chi connectivity index (χ3v) is 13.6. The van der Waals surface area contributed by atoms with Crippen LogP contribution in [0.2, 0.25) is 0 Å². The highest BCUT2D eigenvalue weighted by molar-refractivity contribution is 8.18. The Labute approximate surface area is 286 Å². The molecule has 9 heteroatoms. The second-order valence-electron chi connectivity index (χ2n) is 14.3. The number of carbonyl (C=O) groups excluding carboxylic acids is 3. The zero-order chi connectivity index (χ0) is 32.9. The second kappa shape index (κ2) is 18.7. The van der Waals surface area contributed by atoms with Crippen LogP contribution in [0.3, 0.4) is 0 Å². The Bertz CT molecular complexity index is 1080. The van der Waals surface area contributed by atoms with Crippen LogP contribution in [0, 0.1) is 17.8 Å². The summed E-state index contributed by atoms with van der Waals surface area (Å²) in [7, 11) is 0. The average molecular weight is 674 g/mol. The maximum atomic E-state index is 14.2. The standard InChI is InChI=1S/C37H59N3O4S2/c1-4-20-37(45-21-13-22-46-37)33(41)30(24-27-14-7-5-8-15-27)38-35(43)31(23-26(2)3)40-36(44)32(25-28-16-9-6-10-17-28)39-34(42)29-18-11-12-19-29/h6,9-10,16-17,26-27,29-33,41H,4-5,7-8,11-15,18-25H2,1-3H3,(H,38,43)(H,39,42)(H,40,44)/t30-,31-,32-,33?/m0/s1. The van der Waals surface area contributed by atoms with E-state index in [4.69, 9.17) is 0 Å². The number of amides is 3. The van der Waals surface area contributed by atoms with Gasteiger partial charge in [0.25, 0.3) is 0 Å². The summed E-state index contributed by atoms with van der Waals surface area (Å²) in [5.41, 5.74) is 0.957. The van der Waals surface area contributed by atoms with Gasteiger partial charge in [-0.05, 0) is 67.4 Å². The number of thioether (sulfide) groups is 2. The van der Waals surface area contributed by atoms with E-state index in [1.807, 2.05) is 53.9 Å². The quantitative estimate of drug-likeness (QED) is 0.157. The van der Waals surface area contributed by atoms with E-state index in [9.17, 15) is 19.5 Å². The Balaban J connectivity index is 1.53. The van der Waals surface area contributed by atoms with Crippen molar-refractivity contribution in [3.63, 3.8) is 0 Å². The van der Waals surface area contributed by atoms with Gasteiger partial charge in [-0.25, -0.2) is 0 Å². The van der Waals surface area contributed by atoms with Gasteiger partial charge < -0.3 is 21.1 Å². The summed E-state index contributed by atoms with van der Waals surface area (Å²) in [5, 5.41) is 21.5. The van der Waals surface area contributed by atoms with E-state index in [0.29, 0.717) is 18.8 Å². The molecule has 1 unspecified atom stereocenters. The van der Waals surface area contributed by atoms with Gasteiger partial charge in [-0.2, -0.15) is 0 Å². The molecule has 1 aromatic rings. The molecule has 3 fully saturated rings. The molecule has 2 saturated carbocycles. The van der Waals surface area contributed by atoms with Gasteiger partial charge >= 0.3 is 0 Å². The summed E-state index contributed by atoms with van der Waals surface area (Å²) in [4.78, 5) is 41.3. The molecular formula is C37H59N3O4S2. The summed E-state index contributed by atoms with van der Waals surface area (Å²) in [6, 6.07) is 7.82. The first-order chi connectivity index (χ1) is 22.2. The van der Waals surface area contributed by atoms with Crippen molar-refractivity contribution >= 4 is 41.2 Å². The van der Waals surface area contributed by atoms with Gasteiger partial charge in [0.15, 0.2) is 0 Å². The summed E-state index contributed by atoms with van der Waals surface area (Å²) < 4.78 is -0.332. The molecule has 3 amide bonds. The molecule has 0 bridgehead atoms. The van der Waals surface area contributed by atoms with Crippen LogP contribution < -0.4 is 16.0 Å². The zero-order valence-corrected chi connectivity index (χ0v) is 30.1. The highest BCUT2D eigenvalue weighted by atomic mass is 32.2. The van der Waals surface area contributed by atoms with Gasteiger partial charge in [-0.15, -0.1) is 23.5 Å². The van der Waals surface area contributed by atoms with E-state index in [1.54, 1.807) is 0 Å². The first kappa shape index (κ1) is 37.1.